The Morgan fingerprint density at radius 3 is 2.52 bits per heavy atom. The van der Waals surface area contributed by atoms with E-state index in [0.29, 0.717) is 10.7 Å². The molecule has 27 heavy (non-hydrogen) atoms. The largest absolute Gasteiger partial charge is 0.369 e. The third kappa shape index (κ3) is 5.09. The topological polar surface area (TPSA) is 78.7 Å². The molecule has 1 fully saturated rings. The first-order chi connectivity index (χ1) is 12.9. The van der Waals surface area contributed by atoms with E-state index < -0.39 is 4.92 Å². The molecule has 0 saturated carbocycles. The van der Waals surface area contributed by atoms with Crippen molar-refractivity contribution in [1.29, 1.82) is 0 Å². The number of hydrogen-bond donors (Lipinski definition) is 1. The third-order valence-electron chi connectivity index (χ3n) is 4.34. The van der Waals surface area contributed by atoms with E-state index in [-0.39, 0.29) is 23.2 Å². The molecule has 1 saturated heterocycles. The molecule has 0 radical (unpaired) electrons. The number of anilines is 2. The van der Waals surface area contributed by atoms with E-state index in [1.165, 1.54) is 12.1 Å². The Balaban J connectivity index is 1.52. The van der Waals surface area contributed by atoms with Crippen LogP contribution >= 0.6 is 23.2 Å². The van der Waals surface area contributed by atoms with E-state index in [1.54, 1.807) is 6.07 Å². The molecule has 0 aromatic heterocycles. The predicted molar refractivity (Wildman–Crippen MR) is 107 cm³/mol. The van der Waals surface area contributed by atoms with Crippen LogP contribution < -0.4 is 10.2 Å². The zero-order valence-electron chi connectivity index (χ0n) is 14.4. The first-order valence-corrected chi connectivity index (χ1v) is 9.14. The van der Waals surface area contributed by atoms with Crippen LogP contribution in [0.15, 0.2) is 42.5 Å². The minimum absolute atomic E-state index is 0.0372. The van der Waals surface area contributed by atoms with Gasteiger partial charge in [-0.05, 0) is 30.3 Å². The zero-order chi connectivity index (χ0) is 19.4. The highest BCUT2D eigenvalue weighted by molar-refractivity contribution is 6.32. The lowest BCUT2D eigenvalue weighted by atomic mass is 10.2. The average Bonchev–Trinajstić information content (AvgIpc) is 2.63. The quantitative estimate of drug-likeness (QED) is 0.602. The molecule has 0 atom stereocenters. The van der Waals surface area contributed by atoms with Gasteiger partial charge in [0.1, 0.15) is 5.02 Å². The normalized spacial score (nSPS) is 14.8. The highest BCUT2D eigenvalue weighted by Crippen LogP contribution is 2.27. The van der Waals surface area contributed by atoms with Crippen LogP contribution in [0.3, 0.4) is 0 Å². The van der Waals surface area contributed by atoms with Gasteiger partial charge < -0.3 is 10.2 Å². The van der Waals surface area contributed by atoms with Gasteiger partial charge in [0.2, 0.25) is 5.91 Å². The number of nitrogens with zero attached hydrogens (tertiary/aromatic N) is 3. The second-order valence-corrected chi connectivity index (χ2v) is 7.06. The van der Waals surface area contributed by atoms with Crippen LogP contribution in [0, 0.1) is 10.1 Å². The molecule has 7 nitrogen and oxygen atoms in total. The van der Waals surface area contributed by atoms with Crippen LogP contribution in [0.2, 0.25) is 10.0 Å². The number of nitro groups is 1. The maximum absolute atomic E-state index is 12.3. The summed E-state index contributed by atoms with van der Waals surface area (Å²) in [5.74, 6) is -0.220. The molecule has 1 amide bonds. The van der Waals surface area contributed by atoms with Gasteiger partial charge in [0, 0.05) is 48.6 Å². The molecule has 0 aliphatic carbocycles. The van der Waals surface area contributed by atoms with Crippen molar-refractivity contribution < 1.29 is 9.72 Å². The summed E-state index contributed by atoms with van der Waals surface area (Å²) < 4.78 is 0. The number of amides is 1. The Morgan fingerprint density at radius 1 is 1.11 bits per heavy atom. The Labute approximate surface area is 166 Å². The molecule has 142 valence electrons. The van der Waals surface area contributed by atoms with Crippen LogP contribution in [-0.2, 0) is 4.79 Å². The van der Waals surface area contributed by atoms with Crippen LogP contribution in [0.25, 0.3) is 0 Å². The number of benzene rings is 2. The summed E-state index contributed by atoms with van der Waals surface area (Å²) in [6, 6.07) is 11.9. The first-order valence-electron chi connectivity index (χ1n) is 8.39. The van der Waals surface area contributed by atoms with E-state index in [2.05, 4.69) is 10.2 Å². The van der Waals surface area contributed by atoms with Crippen LogP contribution in [0.4, 0.5) is 17.1 Å². The molecule has 0 spiro atoms. The molecule has 0 bridgehead atoms. The lowest BCUT2D eigenvalue weighted by Crippen LogP contribution is -2.48. The van der Waals surface area contributed by atoms with Gasteiger partial charge in [-0.15, -0.1) is 0 Å². The fourth-order valence-corrected chi connectivity index (χ4v) is 3.34. The molecule has 2 aromatic carbocycles. The van der Waals surface area contributed by atoms with Crippen LogP contribution in [0.1, 0.15) is 0 Å². The molecule has 1 aliphatic heterocycles. The number of hydrogen-bond acceptors (Lipinski definition) is 5. The number of carbonyl (C=O) groups excluding carboxylic acids is 1. The fourth-order valence-electron chi connectivity index (χ4n) is 2.97. The van der Waals surface area contributed by atoms with Crippen molar-refractivity contribution >= 4 is 46.2 Å². The number of halogens is 2. The van der Waals surface area contributed by atoms with Gasteiger partial charge >= 0.3 is 0 Å². The van der Waals surface area contributed by atoms with E-state index in [1.807, 2.05) is 29.2 Å². The molecule has 1 N–H and O–H groups in total. The molecule has 1 heterocycles. The Hall–Kier alpha value is -2.35. The van der Waals surface area contributed by atoms with Gasteiger partial charge in [0.15, 0.2) is 0 Å². The van der Waals surface area contributed by atoms with E-state index in [9.17, 15) is 14.9 Å². The highest BCUT2D eigenvalue weighted by atomic mass is 35.5. The SMILES string of the molecule is O=C(CN1CCN(c2cccc(Cl)c2)CC1)Nc1ccc(Cl)c([N+](=O)[O-])c1. The predicted octanol–water partition coefficient (Wildman–Crippen LogP) is 3.66. The first kappa shape index (κ1) is 19.4. The van der Waals surface area contributed by atoms with Crippen molar-refractivity contribution in [3.63, 3.8) is 0 Å². The molecular weight excluding hydrogens is 391 g/mol. The minimum Gasteiger partial charge on any atom is -0.369 e. The van der Waals surface area contributed by atoms with Crippen molar-refractivity contribution in [2.75, 3.05) is 42.9 Å². The number of nitrogens with one attached hydrogen (secondary N) is 1. The fraction of sp³-hybridized carbons (Fsp3) is 0.278. The summed E-state index contributed by atoms with van der Waals surface area (Å²) in [5.41, 5.74) is 1.19. The van der Waals surface area contributed by atoms with Crippen LogP contribution in [-0.4, -0.2) is 48.5 Å². The summed E-state index contributed by atoms with van der Waals surface area (Å²) in [6.07, 6.45) is 0. The molecule has 3 rings (SSSR count). The van der Waals surface area contributed by atoms with Crippen molar-refractivity contribution in [1.82, 2.24) is 4.90 Å². The zero-order valence-corrected chi connectivity index (χ0v) is 15.9. The molecule has 9 heteroatoms. The number of carbonyl (C=O) groups is 1. The second kappa shape index (κ2) is 8.56. The van der Waals surface area contributed by atoms with Gasteiger partial charge in [0.25, 0.3) is 5.69 Å². The summed E-state index contributed by atoms with van der Waals surface area (Å²) in [6.45, 7) is 3.28. The number of piperazine rings is 1. The van der Waals surface area contributed by atoms with E-state index in [4.69, 9.17) is 23.2 Å². The highest BCUT2D eigenvalue weighted by Gasteiger charge is 2.20. The van der Waals surface area contributed by atoms with Gasteiger partial charge in [-0.3, -0.25) is 19.8 Å². The Bertz CT molecular complexity index is 854. The summed E-state index contributed by atoms with van der Waals surface area (Å²) >= 11 is 11.8. The average molecular weight is 409 g/mol. The second-order valence-electron chi connectivity index (χ2n) is 6.21. The van der Waals surface area contributed by atoms with Gasteiger partial charge in [0.05, 0.1) is 11.5 Å². The molecular formula is C18H18Cl2N4O3. The van der Waals surface area contributed by atoms with Crippen molar-refractivity contribution in [2.45, 2.75) is 0 Å². The lowest BCUT2D eigenvalue weighted by Gasteiger charge is -2.35. The van der Waals surface area contributed by atoms with Crippen molar-refractivity contribution in [3.05, 3.63) is 62.6 Å². The summed E-state index contributed by atoms with van der Waals surface area (Å²) in [7, 11) is 0. The lowest BCUT2D eigenvalue weighted by molar-refractivity contribution is -0.384. The maximum Gasteiger partial charge on any atom is 0.289 e. The Morgan fingerprint density at radius 2 is 1.85 bits per heavy atom. The number of nitro benzene ring substituents is 1. The van der Waals surface area contributed by atoms with E-state index >= 15 is 0 Å². The Kier molecular flexibility index (Phi) is 6.15. The standard InChI is InChI=1S/C18H18Cl2N4O3/c19-13-2-1-3-15(10-13)23-8-6-22(7-9-23)12-18(25)21-14-4-5-16(20)17(11-14)24(26)27/h1-5,10-11H,6-9,12H2,(H,21,25). The van der Waals surface area contributed by atoms with Crippen molar-refractivity contribution in [3.8, 4) is 0 Å². The molecule has 1 aliphatic rings. The van der Waals surface area contributed by atoms with E-state index in [0.717, 1.165) is 31.9 Å². The van der Waals surface area contributed by atoms with Crippen LogP contribution in [0.5, 0.6) is 0 Å². The maximum atomic E-state index is 12.3. The monoisotopic (exact) mass is 408 g/mol. The summed E-state index contributed by atoms with van der Waals surface area (Å²) in [4.78, 5) is 26.9. The summed E-state index contributed by atoms with van der Waals surface area (Å²) in [5, 5.41) is 14.4. The van der Waals surface area contributed by atoms with Gasteiger partial charge in [-0.25, -0.2) is 0 Å². The smallest absolute Gasteiger partial charge is 0.289 e. The number of rotatable bonds is 5. The van der Waals surface area contributed by atoms with Gasteiger partial charge in [-0.1, -0.05) is 29.3 Å². The third-order valence-corrected chi connectivity index (χ3v) is 4.89. The van der Waals surface area contributed by atoms with Crippen molar-refractivity contribution in [2.24, 2.45) is 0 Å². The molecule has 2 aromatic rings. The molecule has 0 unspecified atom stereocenters. The van der Waals surface area contributed by atoms with Gasteiger partial charge in [-0.2, -0.15) is 0 Å². The minimum atomic E-state index is -0.576.